The molecule has 1 aliphatic heterocycles. The number of hydrogen-bond donors (Lipinski definition) is 1. The Morgan fingerprint density at radius 3 is 2.33 bits per heavy atom. The van der Waals surface area contributed by atoms with E-state index in [1.165, 1.54) is 16.2 Å². The molecule has 1 aliphatic rings. The van der Waals surface area contributed by atoms with Crippen molar-refractivity contribution < 1.29 is 9.59 Å². The summed E-state index contributed by atoms with van der Waals surface area (Å²) in [5.74, 6) is -0.759. The van der Waals surface area contributed by atoms with Gasteiger partial charge in [0.25, 0.3) is 11.8 Å². The molecule has 0 radical (unpaired) electrons. The van der Waals surface area contributed by atoms with Gasteiger partial charge in [0.15, 0.2) is 0 Å². The molecule has 0 saturated carbocycles. The topological polar surface area (TPSA) is 52.7 Å². The van der Waals surface area contributed by atoms with E-state index in [9.17, 15) is 9.59 Å². The Morgan fingerprint density at radius 1 is 0.967 bits per heavy atom. The van der Waals surface area contributed by atoms with E-state index in [0.717, 1.165) is 16.3 Å². The lowest BCUT2D eigenvalue weighted by Gasteiger charge is -2.18. The molecule has 30 heavy (non-hydrogen) atoms. The monoisotopic (exact) mass is 437 g/mol. The second-order valence-corrected chi connectivity index (χ2v) is 8.48. The molecule has 5 nitrogen and oxygen atoms in total. The van der Waals surface area contributed by atoms with Gasteiger partial charge < -0.3 is 10.2 Å². The Labute approximate surface area is 184 Å². The second-order valence-electron chi connectivity index (χ2n) is 7.12. The molecule has 1 N–H and O–H groups in total. The van der Waals surface area contributed by atoms with E-state index in [4.69, 9.17) is 11.6 Å². The van der Waals surface area contributed by atoms with Gasteiger partial charge in [0.2, 0.25) is 0 Å². The number of carbonyl (C=O) groups is 2. The zero-order valence-electron chi connectivity index (χ0n) is 16.8. The van der Waals surface area contributed by atoms with Gasteiger partial charge in [0.05, 0.1) is 11.3 Å². The van der Waals surface area contributed by atoms with Crippen molar-refractivity contribution in [1.82, 2.24) is 0 Å². The molecule has 0 spiro atoms. The van der Waals surface area contributed by atoms with Crippen molar-refractivity contribution in [3.63, 3.8) is 0 Å². The van der Waals surface area contributed by atoms with E-state index in [1.807, 2.05) is 60.8 Å². The lowest BCUT2D eigenvalue weighted by atomic mass is 10.1. The van der Waals surface area contributed by atoms with E-state index < -0.39 is 5.91 Å². The van der Waals surface area contributed by atoms with Gasteiger partial charge in [-0.2, -0.15) is 0 Å². The van der Waals surface area contributed by atoms with Crippen LogP contribution in [-0.4, -0.2) is 25.9 Å². The van der Waals surface area contributed by atoms with Crippen LogP contribution < -0.4 is 15.1 Å². The lowest BCUT2D eigenvalue weighted by Crippen LogP contribution is -2.33. The highest BCUT2D eigenvalue weighted by atomic mass is 35.5. The van der Waals surface area contributed by atoms with E-state index in [1.54, 1.807) is 25.1 Å². The summed E-state index contributed by atoms with van der Waals surface area (Å²) in [7, 11) is 3.93. The summed E-state index contributed by atoms with van der Waals surface area (Å²) in [6, 6.07) is 16.6. The Bertz CT molecular complexity index is 1150. The van der Waals surface area contributed by atoms with Crippen molar-refractivity contribution in [3.05, 3.63) is 81.1 Å². The second kappa shape index (κ2) is 7.97. The van der Waals surface area contributed by atoms with Crippen molar-refractivity contribution >= 4 is 57.4 Å². The quantitative estimate of drug-likeness (QED) is 0.559. The third kappa shape index (κ3) is 3.49. The van der Waals surface area contributed by atoms with Crippen molar-refractivity contribution in [2.24, 2.45) is 0 Å². The summed E-state index contributed by atoms with van der Waals surface area (Å²) in [6.07, 6.45) is 0. The summed E-state index contributed by atoms with van der Waals surface area (Å²) in [4.78, 5) is 30.7. The zero-order chi connectivity index (χ0) is 21.4. The van der Waals surface area contributed by atoms with Crippen LogP contribution in [0, 0.1) is 6.92 Å². The van der Waals surface area contributed by atoms with Gasteiger partial charge in [0.1, 0.15) is 5.70 Å². The molecular weight excluding hydrogens is 418 g/mol. The SMILES string of the molecule is Cc1c(Cl)cccc1N1C(=O)C(Nc2ccc(N(C)C)cc2)=C(c2cccs2)C1=O. The maximum Gasteiger partial charge on any atom is 0.282 e. The standard InChI is InChI=1S/C23H20ClN3O2S/c1-14-17(24)6-4-7-18(14)27-22(28)20(19-8-5-13-30-19)21(23(27)29)25-15-9-11-16(12-10-15)26(2)3/h4-13,25H,1-3H3. The molecular formula is C23H20ClN3O2S. The van der Waals surface area contributed by atoms with Crippen molar-refractivity contribution in [3.8, 4) is 0 Å². The molecule has 2 aromatic carbocycles. The first-order chi connectivity index (χ1) is 14.4. The first kappa shape index (κ1) is 20.2. The predicted molar refractivity (Wildman–Crippen MR) is 124 cm³/mol. The van der Waals surface area contributed by atoms with Crippen LogP contribution in [0.2, 0.25) is 5.02 Å². The Balaban J connectivity index is 1.77. The smallest absolute Gasteiger partial charge is 0.282 e. The fourth-order valence-electron chi connectivity index (χ4n) is 3.34. The molecule has 0 atom stereocenters. The first-order valence-electron chi connectivity index (χ1n) is 9.35. The summed E-state index contributed by atoms with van der Waals surface area (Å²) >= 11 is 7.67. The number of rotatable bonds is 5. The number of hydrogen-bond acceptors (Lipinski definition) is 5. The van der Waals surface area contributed by atoms with Gasteiger partial charge in [-0.05, 0) is 60.3 Å². The van der Waals surface area contributed by atoms with E-state index in [0.29, 0.717) is 21.8 Å². The number of imide groups is 1. The van der Waals surface area contributed by atoms with Gasteiger partial charge in [-0.1, -0.05) is 23.7 Å². The summed E-state index contributed by atoms with van der Waals surface area (Å²) < 4.78 is 0. The number of nitrogens with zero attached hydrogens (tertiary/aromatic N) is 2. The molecule has 0 saturated heterocycles. The summed E-state index contributed by atoms with van der Waals surface area (Å²) in [6.45, 7) is 1.80. The largest absolute Gasteiger partial charge is 0.378 e. The third-order valence-corrected chi connectivity index (χ3v) is 6.28. The van der Waals surface area contributed by atoms with Crippen LogP contribution in [-0.2, 0) is 9.59 Å². The number of carbonyl (C=O) groups excluding carboxylic acids is 2. The summed E-state index contributed by atoms with van der Waals surface area (Å²) in [5, 5.41) is 5.57. The highest BCUT2D eigenvalue weighted by Crippen LogP contribution is 2.38. The van der Waals surface area contributed by atoms with Gasteiger partial charge in [-0.15, -0.1) is 11.3 Å². The highest BCUT2D eigenvalue weighted by molar-refractivity contribution is 7.11. The third-order valence-electron chi connectivity index (χ3n) is 4.98. The first-order valence-corrected chi connectivity index (χ1v) is 10.6. The minimum Gasteiger partial charge on any atom is -0.378 e. The van der Waals surface area contributed by atoms with Crippen LogP contribution >= 0.6 is 22.9 Å². The highest BCUT2D eigenvalue weighted by Gasteiger charge is 2.41. The molecule has 2 heterocycles. The molecule has 7 heteroatoms. The van der Waals surface area contributed by atoms with Crippen LogP contribution in [0.5, 0.6) is 0 Å². The zero-order valence-corrected chi connectivity index (χ0v) is 18.3. The van der Waals surface area contributed by atoms with Crippen molar-refractivity contribution in [2.75, 3.05) is 29.2 Å². The Kier molecular flexibility index (Phi) is 5.37. The molecule has 3 aromatic rings. The van der Waals surface area contributed by atoms with Gasteiger partial charge >= 0.3 is 0 Å². The van der Waals surface area contributed by atoms with Gasteiger partial charge in [0, 0.05) is 35.4 Å². The number of benzene rings is 2. The van der Waals surface area contributed by atoms with Crippen LogP contribution in [0.1, 0.15) is 10.4 Å². The molecule has 0 aliphatic carbocycles. The molecule has 0 fully saturated rings. The number of nitrogens with one attached hydrogen (secondary N) is 1. The normalized spacial score (nSPS) is 13.9. The van der Waals surface area contributed by atoms with E-state index in [2.05, 4.69) is 5.32 Å². The summed E-state index contributed by atoms with van der Waals surface area (Å²) in [5.41, 5.74) is 3.58. The van der Waals surface area contributed by atoms with Crippen LogP contribution in [0.3, 0.4) is 0 Å². The van der Waals surface area contributed by atoms with E-state index in [-0.39, 0.29) is 11.6 Å². The maximum absolute atomic E-state index is 13.4. The van der Waals surface area contributed by atoms with Crippen molar-refractivity contribution in [1.29, 1.82) is 0 Å². The Morgan fingerprint density at radius 2 is 1.70 bits per heavy atom. The minimum atomic E-state index is -0.398. The van der Waals surface area contributed by atoms with Crippen LogP contribution in [0.4, 0.5) is 17.1 Å². The van der Waals surface area contributed by atoms with Gasteiger partial charge in [-0.3, -0.25) is 9.59 Å². The van der Waals surface area contributed by atoms with E-state index >= 15 is 0 Å². The molecule has 152 valence electrons. The fraction of sp³-hybridized carbons (Fsp3) is 0.130. The maximum atomic E-state index is 13.4. The average Bonchev–Trinajstić information content (AvgIpc) is 3.32. The van der Waals surface area contributed by atoms with Crippen molar-refractivity contribution in [2.45, 2.75) is 6.92 Å². The minimum absolute atomic E-state index is 0.263. The number of thiophene rings is 1. The molecule has 1 aromatic heterocycles. The molecule has 2 amide bonds. The average molecular weight is 438 g/mol. The number of anilines is 3. The molecule has 0 unspecified atom stereocenters. The lowest BCUT2D eigenvalue weighted by molar-refractivity contribution is -0.120. The molecule has 0 bridgehead atoms. The van der Waals surface area contributed by atoms with Gasteiger partial charge in [-0.25, -0.2) is 4.90 Å². The fourth-order valence-corrected chi connectivity index (χ4v) is 4.28. The Hall–Kier alpha value is -3.09. The number of amides is 2. The van der Waals surface area contributed by atoms with Crippen LogP contribution in [0.25, 0.3) is 5.57 Å². The van der Waals surface area contributed by atoms with Crippen LogP contribution in [0.15, 0.2) is 65.7 Å². The number of halogens is 1. The predicted octanol–water partition coefficient (Wildman–Crippen LogP) is 5.17. The molecule has 4 rings (SSSR count).